The number of rotatable bonds is 16. The van der Waals surface area contributed by atoms with Gasteiger partial charge in [0.05, 0.1) is 44.4 Å². The third kappa shape index (κ3) is 11.2. The van der Waals surface area contributed by atoms with Gasteiger partial charge in [0.15, 0.2) is 18.3 Å². The molecule has 0 radical (unpaired) electrons. The van der Waals surface area contributed by atoms with Crippen molar-refractivity contribution in [3.05, 3.63) is 171 Å². The lowest BCUT2D eigenvalue weighted by atomic mass is 10.0. The number of hydrogen-bond donors (Lipinski definition) is 0. The second kappa shape index (κ2) is 20.1. The van der Waals surface area contributed by atoms with Crippen molar-refractivity contribution in [3.8, 4) is 0 Å². The minimum Gasteiger partial charge on any atom is -0.466 e. The highest BCUT2D eigenvalue weighted by Gasteiger charge is 2.49. The van der Waals surface area contributed by atoms with Gasteiger partial charge in [-0.05, 0) is 60.7 Å². The molecular weight excluding hydrogens is 839 g/mol. The van der Waals surface area contributed by atoms with E-state index in [4.69, 9.17) is 62.7 Å². The van der Waals surface area contributed by atoms with E-state index in [1.807, 2.05) is 0 Å². The van der Waals surface area contributed by atoms with E-state index in [1.54, 1.807) is 24.3 Å². The molecule has 300 valence electrons. The second-order valence-electron chi connectivity index (χ2n) is 11.9. The van der Waals surface area contributed by atoms with Crippen molar-refractivity contribution in [2.75, 3.05) is 13.7 Å². The van der Waals surface area contributed by atoms with Crippen molar-refractivity contribution in [1.82, 2.24) is 0 Å². The molecule has 0 amide bonds. The number of methoxy groups -OCH3 is 1. The minimum atomic E-state index is -5.14. The Bertz CT molecular complexity index is 2350. The Balaban J connectivity index is 1.71. The van der Waals surface area contributed by atoms with Gasteiger partial charge >= 0.3 is 29.8 Å². The van der Waals surface area contributed by atoms with E-state index >= 15 is 0 Å². The number of carbonyl (C=O) groups is 5. The van der Waals surface area contributed by atoms with Crippen molar-refractivity contribution in [3.63, 3.8) is 0 Å². The maximum Gasteiger partial charge on any atom is 0.351 e. The summed E-state index contributed by atoms with van der Waals surface area (Å²) in [6.07, 6.45) is -9.09. The van der Waals surface area contributed by atoms with Gasteiger partial charge in [-0.15, -0.1) is 0 Å². The van der Waals surface area contributed by atoms with E-state index in [0.29, 0.717) is 0 Å². The molecular formula is C41H31Cl3O13S. The van der Waals surface area contributed by atoms with Crippen LogP contribution in [0.4, 0.5) is 0 Å². The second-order valence-corrected chi connectivity index (χ2v) is 14.7. The minimum absolute atomic E-state index is 0.0192. The van der Waals surface area contributed by atoms with Crippen molar-refractivity contribution in [1.29, 1.82) is 0 Å². The summed E-state index contributed by atoms with van der Waals surface area (Å²) in [7, 11) is -4.21. The molecule has 0 fully saturated rings. The standard InChI is InChI=1S/C41H31Cl3O13S/c1-52-41(49)36(56-40(48)28-20-12-5-13-21-28)35(55-39(47)27-18-10-4-11-19-27)34(54-38(46)26-16-8-3-9-17-26)32(24-53-37(45)25-14-6-2-7-15-25)57-58(50,51)33-23-30(43)29(42)22-31(33)44/h2-23,32,34-36H,24H2,1H3/t32-,34-,35+,36-/m1/s1. The van der Waals surface area contributed by atoms with Crippen LogP contribution in [0.15, 0.2) is 138 Å². The maximum atomic E-state index is 14.1. The quantitative estimate of drug-likeness (QED) is 0.0415. The van der Waals surface area contributed by atoms with Crippen LogP contribution >= 0.6 is 34.8 Å². The van der Waals surface area contributed by atoms with Crippen molar-refractivity contribution >= 4 is 74.8 Å². The van der Waals surface area contributed by atoms with E-state index in [1.165, 1.54) is 97.1 Å². The first-order valence-electron chi connectivity index (χ1n) is 16.9. The molecule has 5 aromatic rings. The number of benzene rings is 5. The highest BCUT2D eigenvalue weighted by atomic mass is 35.5. The van der Waals surface area contributed by atoms with Gasteiger partial charge in [-0.3, -0.25) is 4.18 Å². The monoisotopic (exact) mass is 868 g/mol. The van der Waals surface area contributed by atoms with Crippen LogP contribution in [0.25, 0.3) is 0 Å². The summed E-state index contributed by atoms with van der Waals surface area (Å²) < 4.78 is 61.7. The molecule has 5 rings (SSSR count). The van der Waals surface area contributed by atoms with Gasteiger partial charge in [-0.1, -0.05) is 108 Å². The van der Waals surface area contributed by atoms with Gasteiger partial charge < -0.3 is 23.7 Å². The fourth-order valence-electron chi connectivity index (χ4n) is 5.21. The molecule has 5 aromatic carbocycles. The lowest BCUT2D eigenvalue weighted by molar-refractivity contribution is -0.168. The van der Waals surface area contributed by atoms with Gasteiger partial charge in [-0.25, -0.2) is 24.0 Å². The highest BCUT2D eigenvalue weighted by molar-refractivity contribution is 7.87. The first-order valence-corrected chi connectivity index (χ1v) is 19.5. The Morgan fingerprint density at radius 2 is 0.931 bits per heavy atom. The average molecular weight is 870 g/mol. The molecule has 0 saturated heterocycles. The zero-order valence-electron chi connectivity index (χ0n) is 30.1. The van der Waals surface area contributed by atoms with Crippen LogP contribution < -0.4 is 0 Å². The Labute approximate surface area is 347 Å². The van der Waals surface area contributed by atoms with Crippen LogP contribution in [-0.4, -0.2) is 76.4 Å². The molecule has 0 aromatic heterocycles. The SMILES string of the molecule is COC(=O)[C@H](OC(=O)c1ccccc1)[C@@H](OC(=O)c1ccccc1)[C@H](OC(=O)c1ccccc1)[C@@H](COC(=O)c1ccccc1)OS(=O)(=O)c1cc(Cl)c(Cl)cc1Cl. The normalized spacial score (nSPS) is 13.2. The Morgan fingerprint density at radius 3 is 1.38 bits per heavy atom. The molecule has 0 heterocycles. The molecule has 17 heteroatoms. The lowest BCUT2D eigenvalue weighted by Gasteiger charge is -2.35. The van der Waals surface area contributed by atoms with Gasteiger partial charge in [-0.2, -0.15) is 8.42 Å². The van der Waals surface area contributed by atoms with Crippen molar-refractivity contribution in [2.24, 2.45) is 0 Å². The third-order valence-corrected chi connectivity index (χ3v) is 10.6. The fourth-order valence-corrected chi connectivity index (χ4v) is 7.26. The van der Waals surface area contributed by atoms with E-state index in [-0.39, 0.29) is 32.3 Å². The Hall–Kier alpha value is -5.77. The summed E-state index contributed by atoms with van der Waals surface area (Å²) in [6.45, 7) is -1.07. The van der Waals surface area contributed by atoms with Crippen molar-refractivity contribution < 1.29 is 60.3 Å². The molecule has 0 N–H and O–H groups in total. The number of halogens is 3. The van der Waals surface area contributed by atoms with Gasteiger partial charge in [0, 0.05) is 0 Å². The van der Waals surface area contributed by atoms with Crippen LogP contribution in [0.1, 0.15) is 41.4 Å². The molecule has 0 bridgehead atoms. The molecule has 4 atom stereocenters. The first kappa shape index (κ1) is 43.4. The van der Waals surface area contributed by atoms with Crippen LogP contribution in [0.3, 0.4) is 0 Å². The summed E-state index contributed by atoms with van der Waals surface area (Å²) in [6, 6.07) is 31.3. The molecule has 0 aliphatic heterocycles. The van der Waals surface area contributed by atoms with E-state index < -0.39 is 80.9 Å². The first-order chi connectivity index (χ1) is 27.8. The number of esters is 5. The lowest BCUT2D eigenvalue weighted by Crippen LogP contribution is -2.55. The largest absolute Gasteiger partial charge is 0.466 e. The highest BCUT2D eigenvalue weighted by Crippen LogP contribution is 2.34. The van der Waals surface area contributed by atoms with Crippen LogP contribution in [-0.2, 0) is 42.8 Å². The van der Waals surface area contributed by atoms with Gasteiger partial charge in [0.2, 0.25) is 6.10 Å². The molecule has 0 saturated carbocycles. The number of ether oxygens (including phenoxy) is 5. The molecule has 0 aliphatic rings. The van der Waals surface area contributed by atoms with Gasteiger partial charge in [0.25, 0.3) is 10.1 Å². The molecule has 58 heavy (non-hydrogen) atoms. The number of hydrogen-bond acceptors (Lipinski definition) is 13. The predicted molar refractivity (Wildman–Crippen MR) is 209 cm³/mol. The van der Waals surface area contributed by atoms with Gasteiger partial charge in [0.1, 0.15) is 11.5 Å². The molecule has 0 unspecified atom stereocenters. The summed E-state index contributed by atoms with van der Waals surface area (Å²) in [5, 5.41) is -0.813. The zero-order chi connectivity index (χ0) is 41.8. The van der Waals surface area contributed by atoms with E-state index in [0.717, 1.165) is 19.2 Å². The predicted octanol–water partition coefficient (Wildman–Crippen LogP) is 7.43. The third-order valence-electron chi connectivity index (χ3n) is 8.05. The topological polar surface area (TPSA) is 175 Å². The molecule has 0 spiro atoms. The van der Waals surface area contributed by atoms with Crippen LogP contribution in [0.2, 0.25) is 15.1 Å². The summed E-state index contributed by atoms with van der Waals surface area (Å²) >= 11 is 18.5. The average Bonchev–Trinajstić information content (AvgIpc) is 3.24. The molecule has 0 aliphatic carbocycles. The van der Waals surface area contributed by atoms with Crippen molar-refractivity contribution in [2.45, 2.75) is 29.3 Å². The molecule has 13 nitrogen and oxygen atoms in total. The Morgan fingerprint density at radius 1 is 0.534 bits per heavy atom. The smallest absolute Gasteiger partial charge is 0.351 e. The summed E-state index contributed by atoms with van der Waals surface area (Å²) in [5.41, 5.74) is -0.247. The van der Waals surface area contributed by atoms with E-state index in [9.17, 15) is 32.4 Å². The summed E-state index contributed by atoms with van der Waals surface area (Å²) in [5.74, 6) is -5.80. The Kier molecular flexibility index (Phi) is 15.0. The van der Waals surface area contributed by atoms with E-state index in [2.05, 4.69) is 0 Å². The fraction of sp³-hybridized carbons (Fsp3) is 0.146. The zero-order valence-corrected chi connectivity index (χ0v) is 33.2. The maximum absolute atomic E-state index is 14.1. The van der Waals surface area contributed by atoms with Crippen LogP contribution in [0, 0.1) is 0 Å². The summed E-state index contributed by atoms with van der Waals surface area (Å²) in [4.78, 5) is 67.5. The van der Waals surface area contributed by atoms with Crippen LogP contribution in [0.5, 0.6) is 0 Å². The number of carbonyl (C=O) groups excluding carboxylic acids is 5.